The quantitative estimate of drug-likeness (QED) is 0.799. The molecule has 112 valence electrons. The summed E-state index contributed by atoms with van der Waals surface area (Å²) in [5, 5.41) is 12.4. The van der Waals surface area contributed by atoms with Gasteiger partial charge in [-0.1, -0.05) is 35.8 Å². The first-order chi connectivity index (χ1) is 9.40. The predicted octanol–water partition coefficient (Wildman–Crippen LogP) is 2.52. The molecule has 0 aliphatic heterocycles. The lowest BCUT2D eigenvalue weighted by Crippen LogP contribution is -2.35. The van der Waals surface area contributed by atoms with E-state index in [0.29, 0.717) is 18.1 Å². The van der Waals surface area contributed by atoms with E-state index in [-0.39, 0.29) is 19.1 Å². The van der Waals surface area contributed by atoms with E-state index in [2.05, 4.69) is 21.2 Å². The first-order valence-electron chi connectivity index (χ1n) is 6.70. The van der Waals surface area contributed by atoms with Crippen LogP contribution in [0.4, 0.5) is 0 Å². The number of carbonyl (C=O) groups excluding carboxylic acids is 1. The summed E-state index contributed by atoms with van der Waals surface area (Å²) >= 11 is 3.34. The maximum atomic E-state index is 12.0. The molecule has 1 amide bonds. The SMILES string of the molecule is Cc1ccc(Br)cc1C(=O)NCC(O)COCC(C)C. The molecule has 0 saturated heterocycles. The zero-order valence-corrected chi connectivity index (χ0v) is 13.7. The summed E-state index contributed by atoms with van der Waals surface area (Å²) < 4.78 is 6.18. The Kier molecular flexibility index (Phi) is 7.19. The van der Waals surface area contributed by atoms with Crippen molar-refractivity contribution in [1.82, 2.24) is 5.32 Å². The second kappa shape index (κ2) is 8.39. The van der Waals surface area contributed by atoms with Crippen molar-refractivity contribution in [2.24, 2.45) is 5.92 Å². The van der Waals surface area contributed by atoms with Gasteiger partial charge in [-0.25, -0.2) is 0 Å². The normalized spacial score (nSPS) is 12.5. The van der Waals surface area contributed by atoms with Crippen LogP contribution in [0.2, 0.25) is 0 Å². The fourth-order valence-corrected chi connectivity index (χ4v) is 2.00. The number of aliphatic hydroxyl groups is 1. The van der Waals surface area contributed by atoms with E-state index in [4.69, 9.17) is 4.74 Å². The monoisotopic (exact) mass is 343 g/mol. The van der Waals surface area contributed by atoms with Gasteiger partial charge in [-0.2, -0.15) is 0 Å². The van der Waals surface area contributed by atoms with Crippen molar-refractivity contribution >= 4 is 21.8 Å². The van der Waals surface area contributed by atoms with Gasteiger partial charge in [0.05, 0.1) is 12.7 Å². The molecular weight excluding hydrogens is 322 g/mol. The predicted molar refractivity (Wildman–Crippen MR) is 82.9 cm³/mol. The lowest BCUT2D eigenvalue weighted by Gasteiger charge is -2.14. The summed E-state index contributed by atoms with van der Waals surface area (Å²) in [6, 6.07) is 5.54. The van der Waals surface area contributed by atoms with Gasteiger partial charge in [-0.05, 0) is 30.5 Å². The Morgan fingerprint density at radius 3 is 2.75 bits per heavy atom. The van der Waals surface area contributed by atoms with Crippen LogP contribution in [0.25, 0.3) is 0 Å². The molecule has 1 aromatic carbocycles. The van der Waals surface area contributed by atoms with Crippen molar-refractivity contribution < 1.29 is 14.6 Å². The zero-order chi connectivity index (χ0) is 15.1. The molecule has 1 rings (SSSR count). The highest BCUT2D eigenvalue weighted by Crippen LogP contribution is 2.15. The van der Waals surface area contributed by atoms with Gasteiger partial charge < -0.3 is 15.2 Å². The Morgan fingerprint density at radius 2 is 2.10 bits per heavy atom. The Hall–Kier alpha value is -0.910. The molecule has 0 spiro atoms. The van der Waals surface area contributed by atoms with Crippen LogP contribution in [0, 0.1) is 12.8 Å². The summed E-state index contributed by atoms with van der Waals surface area (Å²) in [6.07, 6.45) is -0.690. The van der Waals surface area contributed by atoms with Gasteiger partial charge in [0.15, 0.2) is 0 Å². The minimum Gasteiger partial charge on any atom is -0.389 e. The second-order valence-electron chi connectivity index (χ2n) is 5.25. The van der Waals surface area contributed by atoms with Crippen LogP contribution in [0.3, 0.4) is 0 Å². The van der Waals surface area contributed by atoms with E-state index >= 15 is 0 Å². The summed E-state index contributed by atoms with van der Waals surface area (Å²) in [5.74, 6) is 0.243. The fourth-order valence-electron chi connectivity index (χ4n) is 1.64. The number of carbonyl (C=O) groups is 1. The highest BCUT2D eigenvalue weighted by molar-refractivity contribution is 9.10. The number of hydrogen-bond acceptors (Lipinski definition) is 3. The van der Waals surface area contributed by atoms with Crippen molar-refractivity contribution in [3.63, 3.8) is 0 Å². The molecule has 0 aliphatic rings. The average Bonchev–Trinajstić information content (AvgIpc) is 2.38. The fraction of sp³-hybridized carbons (Fsp3) is 0.533. The van der Waals surface area contributed by atoms with Gasteiger partial charge >= 0.3 is 0 Å². The molecule has 1 atom stereocenters. The first-order valence-corrected chi connectivity index (χ1v) is 7.49. The number of rotatable bonds is 7. The van der Waals surface area contributed by atoms with Crippen molar-refractivity contribution in [2.75, 3.05) is 19.8 Å². The van der Waals surface area contributed by atoms with E-state index in [9.17, 15) is 9.90 Å². The topological polar surface area (TPSA) is 58.6 Å². The number of halogens is 1. The molecular formula is C15H22BrNO3. The van der Waals surface area contributed by atoms with Gasteiger partial charge in [-0.3, -0.25) is 4.79 Å². The van der Waals surface area contributed by atoms with E-state index < -0.39 is 6.10 Å². The number of aliphatic hydroxyl groups excluding tert-OH is 1. The smallest absolute Gasteiger partial charge is 0.251 e. The summed E-state index contributed by atoms with van der Waals surface area (Å²) in [4.78, 5) is 12.0. The lowest BCUT2D eigenvalue weighted by atomic mass is 10.1. The van der Waals surface area contributed by atoms with Crippen molar-refractivity contribution in [3.8, 4) is 0 Å². The van der Waals surface area contributed by atoms with Crippen LogP contribution in [-0.2, 0) is 4.74 Å². The lowest BCUT2D eigenvalue weighted by molar-refractivity contribution is 0.0259. The van der Waals surface area contributed by atoms with Crippen LogP contribution in [-0.4, -0.2) is 36.9 Å². The van der Waals surface area contributed by atoms with Gasteiger partial charge in [0.2, 0.25) is 0 Å². The number of hydrogen-bond donors (Lipinski definition) is 2. The van der Waals surface area contributed by atoms with Crippen LogP contribution in [0.1, 0.15) is 29.8 Å². The van der Waals surface area contributed by atoms with Crippen molar-refractivity contribution in [2.45, 2.75) is 26.9 Å². The van der Waals surface area contributed by atoms with Crippen LogP contribution in [0.15, 0.2) is 22.7 Å². The minimum absolute atomic E-state index is 0.183. The van der Waals surface area contributed by atoms with Gasteiger partial charge in [0.1, 0.15) is 0 Å². The molecule has 0 bridgehead atoms. The molecule has 5 heteroatoms. The Labute approximate surface area is 128 Å². The third-order valence-corrected chi connectivity index (χ3v) is 3.20. The Morgan fingerprint density at radius 1 is 1.40 bits per heavy atom. The average molecular weight is 344 g/mol. The summed E-state index contributed by atoms with van der Waals surface area (Å²) in [6.45, 7) is 6.99. The molecule has 1 unspecified atom stereocenters. The van der Waals surface area contributed by atoms with Crippen LogP contribution >= 0.6 is 15.9 Å². The molecule has 2 N–H and O–H groups in total. The van der Waals surface area contributed by atoms with Gasteiger partial charge in [-0.15, -0.1) is 0 Å². The van der Waals surface area contributed by atoms with Gasteiger partial charge in [0.25, 0.3) is 5.91 Å². The van der Waals surface area contributed by atoms with Crippen molar-refractivity contribution in [3.05, 3.63) is 33.8 Å². The third-order valence-electron chi connectivity index (χ3n) is 2.70. The second-order valence-corrected chi connectivity index (χ2v) is 6.17. The Balaban J connectivity index is 2.41. The number of benzene rings is 1. The highest BCUT2D eigenvalue weighted by atomic mass is 79.9. The van der Waals surface area contributed by atoms with E-state index in [1.54, 1.807) is 6.07 Å². The van der Waals surface area contributed by atoms with Crippen molar-refractivity contribution in [1.29, 1.82) is 0 Å². The van der Waals surface area contributed by atoms with Gasteiger partial charge in [0, 0.05) is 23.2 Å². The zero-order valence-electron chi connectivity index (χ0n) is 12.1. The molecule has 0 fully saturated rings. The molecule has 4 nitrogen and oxygen atoms in total. The standard InChI is InChI=1S/C15H22BrNO3/c1-10(2)8-20-9-13(18)7-17-15(19)14-6-12(16)5-4-11(14)3/h4-6,10,13,18H,7-9H2,1-3H3,(H,17,19). The molecule has 0 heterocycles. The number of amides is 1. The molecule has 0 saturated carbocycles. The van der Waals surface area contributed by atoms with Crippen LogP contribution < -0.4 is 5.32 Å². The maximum absolute atomic E-state index is 12.0. The largest absolute Gasteiger partial charge is 0.389 e. The van der Waals surface area contributed by atoms with E-state index in [1.807, 2.05) is 32.9 Å². The van der Waals surface area contributed by atoms with E-state index in [0.717, 1.165) is 10.0 Å². The van der Waals surface area contributed by atoms with Crippen LogP contribution in [0.5, 0.6) is 0 Å². The molecule has 0 aromatic heterocycles. The third kappa shape index (κ3) is 6.03. The van der Waals surface area contributed by atoms with E-state index in [1.165, 1.54) is 0 Å². The number of ether oxygens (including phenoxy) is 1. The number of aryl methyl sites for hydroxylation is 1. The first kappa shape index (κ1) is 17.1. The Bertz CT molecular complexity index is 449. The summed E-state index contributed by atoms with van der Waals surface area (Å²) in [7, 11) is 0. The molecule has 1 aromatic rings. The highest BCUT2D eigenvalue weighted by Gasteiger charge is 2.12. The maximum Gasteiger partial charge on any atom is 0.251 e. The number of nitrogens with one attached hydrogen (secondary N) is 1. The molecule has 20 heavy (non-hydrogen) atoms. The summed E-state index contributed by atoms with van der Waals surface area (Å²) in [5.41, 5.74) is 1.51. The minimum atomic E-state index is -0.690. The molecule has 0 radical (unpaired) electrons. The molecule has 0 aliphatic carbocycles.